The highest BCUT2D eigenvalue weighted by Gasteiger charge is 2.38. The molecule has 0 unspecified atom stereocenters. The molecule has 1 fully saturated rings. The molecule has 1 aliphatic rings. The zero-order chi connectivity index (χ0) is 22.9. The van der Waals surface area contributed by atoms with E-state index in [4.69, 9.17) is 0 Å². The molecule has 1 aromatic carbocycles. The third-order valence-electron chi connectivity index (χ3n) is 5.69. The van der Waals surface area contributed by atoms with E-state index in [0.29, 0.717) is 44.1 Å². The average molecular weight is 447 g/mol. The molecule has 8 nitrogen and oxygen atoms in total. The molecule has 0 saturated carbocycles. The van der Waals surface area contributed by atoms with Gasteiger partial charge in [-0.05, 0) is 19.4 Å². The van der Waals surface area contributed by atoms with Crippen molar-refractivity contribution in [3.8, 4) is 0 Å². The number of fused-ring (bicyclic) bond motifs is 1. The Balaban J connectivity index is 1.40. The number of carbonyl (C=O) groups is 1. The van der Waals surface area contributed by atoms with Crippen LogP contribution >= 0.6 is 0 Å². The Labute approximate surface area is 183 Å². The maximum absolute atomic E-state index is 13.3. The number of anilines is 1. The van der Waals surface area contributed by atoms with Gasteiger partial charge in [-0.3, -0.25) is 9.69 Å². The Morgan fingerprint density at radius 1 is 1.03 bits per heavy atom. The molecule has 32 heavy (non-hydrogen) atoms. The van der Waals surface area contributed by atoms with Gasteiger partial charge in [0.25, 0.3) is 5.82 Å². The zero-order valence-corrected chi connectivity index (χ0v) is 17.9. The topological polar surface area (TPSA) is 78.7 Å². The van der Waals surface area contributed by atoms with Crippen molar-refractivity contribution in [2.24, 2.45) is 0 Å². The van der Waals surface area contributed by atoms with Crippen LogP contribution in [0, 0.1) is 13.8 Å². The number of hydrogen-bond acceptors (Lipinski definition) is 6. The van der Waals surface area contributed by atoms with Crippen molar-refractivity contribution in [1.29, 1.82) is 0 Å². The lowest BCUT2D eigenvalue weighted by molar-refractivity contribution is -0.146. The van der Waals surface area contributed by atoms with E-state index in [9.17, 15) is 18.0 Å². The Kier molecular flexibility index (Phi) is 6.00. The predicted molar refractivity (Wildman–Crippen MR) is 112 cm³/mol. The maximum atomic E-state index is 13.3. The van der Waals surface area contributed by atoms with Crippen LogP contribution in [0.2, 0.25) is 0 Å². The van der Waals surface area contributed by atoms with Crippen LogP contribution in [0.5, 0.6) is 0 Å². The van der Waals surface area contributed by atoms with Crippen LogP contribution in [0.4, 0.5) is 19.0 Å². The van der Waals surface area contributed by atoms with E-state index < -0.39 is 12.0 Å². The first-order chi connectivity index (χ1) is 15.2. The van der Waals surface area contributed by atoms with Crippen molar-refractivity contribution >= 4 is 17.4 Å². The van der Waals surface area contributed by atoms with E-state index >= 15 is 0 Å². The van der Waals surface area contributed by atoms with Crippen LogP contribution in [0.1, 0.15) is 22.5 Å². The summed E-state index contributed by atoms with van der Waals surface area (Å²) in [6.45, 7) is 6.59. The fourth-order valence-electron chi connectivity index (χ4n) is 3.76. The van der Waals surface area contributed by atoms with Gasteiger partial charge in [0.15, 0.2) is 11.5 Å². The molecule has 1 amide bonds. The smallest absolute Gasteiger partial charge is 0.352 e. The predicted octanol–water partition coefficient (Wildman–Crippen LogP) is 2.20. The highest BCUT2D eigenvalue weighted by Crippen LogP contribution is 2.30. The zero-order valence-electron chi connectivity index (χ0n) is 17.9. The molecule has 4 rings (SSSR count). The number of piperazine rings is 1. The molecule has 0 atom stereocenters. The number of rotatable bonds is 5. The lowest BCUT2D eigenvalue weighted by atomic mass is 10.1. The number of benzene rings is 1. The van der Waals surface area contributed by atoms with E-state index in [1.807, 2.05) is 47.1 Å². The second-order valence-electron chi connectivity index (χ2n) is 7.86. The van der Waals surface area contributed by atoms with Gasteiger partial charge in [0, 0.05) is 43.9 Å². The SMILES string of the molecule is Cc1c(N2CCN(CC(=O)NCc3ccccc3)CC2)nn2c(C(F)(F)F)nnc2c1C. The molecule has 0 radical (unpaired) electrons. The van der Waals surface area contributed by atoms with E-state index in [1.165, 1.54) is 0 Å². The Morgan fingerprint density at radius 3 is 2.38 bits per heavy atom. The van der Waals surface area contributed by atoms with Gasteiger partial charge in [-0.15, -0.1) is 15.3 Å². The summed E-state index contributed by atoms with van der Waals surface area (Å²) in [6, 6.07) is 9.68. The molecule has 1 N–H and O–H groups in total. The van der Waals surface area contributed by atoms with Crippen molar-refractivity contribution in [2.75, 3.05) is 37.6 Å². The summed E-state index contributed by atoms with van der Waals surface area (Å²) in [5.74, 6) is -0.716. The average Bonchev–Trinajstić information content (AvgIpc) is 3.21. The fraction of sp³-hybridized carbons (Fsp3) is 0.429. The molecule has 1 aliphatic heterocycles. The summed E-state index contributed by atoms with van der Waals surface area (Å²) in [6.07, 6.45) is -4.64. The van der Waals surface area contributed by atoms with Crippen molar-refractivity contribution in [2.45, 2.75) is 26.6 Å². The first-order valence-electron chi connectivity index (χ1n) is 10.3. The molecule has 170 valence electrons. The van der Waals surface area contributed by atoms with Crippen LogP contribution in [-0.4, -0.2) is 63.3 Å². The van der Waals surface area contributed by atoms with E-state index in [-0.39, 0.29) is 18.1 Å². The normalized spacial score (nSPS) is 15.3. The van der Waals surface area contributed by atoms with Gasteiger partial charge in [0.1, 0.15) is 0 Å². The second-order valence-corrected chi connectivity index (χ2v) is 7.86. The molecule has 0 spiro atoms. The minimum atomic E-state index is -4.64. The van der Waals surface area contributed by atoms with Crippen molar-refractivity contribution in [3.05, 3.63) is 52.8 Å². The molecule has 0 bridgehead atoms. The van der Waals surface area contributed by atoms with Gasteiger partial charge in [-0.2, -0.15) is 17.7 Å². The highest BCUT2D eigenvalue weighted by molar-refractivity contribution is 5.78. The van der Waals surface area contributed by atoms with E-state index in [0.717, 1.165) is 15.6 Å². The lowest BCUT2D eigenvalue weighted by Crippen LogP contribution is -2.50. The fourth-order valence-corrected chi connectivity index (χ4v) is 3.76. The molecule has 3 aromatic rings. The summed E-state index contributed by atoms with van der Waals surface area (Å²) in [7, 11) is 0. The Hall–Kier alpha value is -3.21. The third-order valence-corrected chi connectivity index (χ3v) is 5.69. The standard InChI is InChI=1S/C21H24F3N7O/c1-14-15(2)19(28-31-18(14)26-27-20(31)21(22,23)24)30-10-8-29(9-11-30)13-17(32)25-12-16-6-4-3-5-7-16/h3-7H,8-13H2,1-2H3,(H,25,32). The van der Waals surface area contributed by atoms with Gasteiger partial charge >= 0.3 is 6.18 Å². The number of halogens is 3. The van der Waals surface area contributed by atoms with Gasteiger partial charge in [0.2, 0.25) is 5.91 Å². The summed E-state index contributed by atoms with van der Waals surface area (Å²) >= 11 is 0. The highest BCUT2D eigenvalue weighted by atomic mass is 19.4. The number of aryl methyl sites for hydroxylation is 1. The van der Waals surface area contributed by atoms with Crippen molar-refractivity contribution < 1.29 is 18.0 Å². The number of alkyl halides is 3. The molecule has 2 aromatic heterocycles. The van der Waals surface area contributed by atoms with E-state index in [1.54, 1.807) is 6.92 Å². The number of nitrogens with zero attached hydrogens (tertiary/aromatic N) is 6. The summed E-state index contributed by atoms with van der Waals surface area (Å²) in [4.78, 5) is 16.3. The minimum Gasteiger partial charge on any atom is -0.352 e. The first-order valence-corrected chi connectivity index (χ1v) is 10.3. The summed E-state index contributed by atoms with van der Waals surface area (Å²) in [5.41, 5.74) is 2.52. The van der Waals surface area contributed by atoms with Crippen LogP contribution < -0.4 is 10.2 Å². The van der Waals surface area contributed by atoms with E-state index in [2.05, 4.69) is 20.6 Å². The van der Waals surface area contributed by atoms with Crippen LogP contribution in [0.25, 0.3) is 5.65 Å². The number of carbonyl (C=O) groups excluding carboxylic acids is 1. The Bertz CT molecular complexity index is 1110. The molecule has 3 heterocycles. The third kappa shape index (κ3) is 4.52. The second kappa shape index (κ2) is 8.73. The monoisotopic (exact) mass is 447 g/mol. The van der Waals surface area contributed by atoms with Crippen LogP contribution in [-0.2, 0) is 17.5 Å². The number of nitrogens with one attached hydrogen (secondary N) is 1. The number of hydrogen-bond donors (Lipinski definition) is 1. The van der Waals surface area contributed by atoms with Crippen LogP contribution in [0.3, 0.4) is 0 Å². The molecular weight excluding hydrogens is 423 g/mol. The lowest BCUT2D eigenvalue weighted by Gasteiger charge is -2.35. The van der Waals surface area contributed by atoms with Crippen molar-refractivity contribution in [3.63, 3.8) is 0 Å². The maximum Gasteiger partial charge on any atom is 0.453 e. The Morgan fingerprint density at radius 2 is 1.72 bits per heavy atom. The first kappa shape index (κ1) is 22.0. The summed E-state index contributed by atoms with van der Waals surface area (Å²) in [5, 5.41) is 14.1. The molecular formula is C21H24F3N7O. The van der Waals surface area contributed by atoms with Crippen molar-refractivity contribution in [1.82, 2.24) is 30.0 Å². The minimum absolute atomic E-state index is 0.0619. The number of amides is 1. The molecule has 1 saturated heterocycles. The molecule has 11 heteroatoms. The number of aromatic nitrogens is 4. The van der Waals surface area contributed by atoms with Gasteiger partial charge < -0.3 is 10.2 Å². The largest absolute Gasteiger partial charge is 0.453 e. The van der Waals surface area contributed by atoms with Crippen LogP contribution in [0.15, 0.2) is 30.3 Å². The van der Waals surface area contributed by atoms with Gasteiger partial charge in [0.05, 0.1) is 6.54 Å². The summed E-state index contributed by atoms with van der Waals surface area (Å²) < 4.78 is 40.6. The van der Waals surface area contributed by atoms with Gasteiger partial charge in [-0.25, -0.2) is 0 Å². The quantitative estimate of drug-likeness (QED) is 0.646. The molecule has 0 aliphatic carbocycles. The van der Waals surface area contributed by atoms with Gasteiger partial charge in [-0.1, -0.05) is 30.3 Å².